The fourth-order valence-corrected chi connectivity index (χ4v) is 3.99. The SMILES string of the molecule is Cc1ccc(Cn2cnc(=O)c3sc(-c4ccc(CO)cc4)cc32)cc1. The van der Waals surface area contributed by atoms with E-state index < -0.39 is 0 Å². The van der Waals surface area contributed by atoms with Crippen LogP contribution in [0.4, 0.5) is 0 Å². The van der Waals surface area contributed by atoms with Crippen molar-refractivity contribution in [2.75, 3.05) is 0 Å². The Kier molecular flexibility index (Phi) is 4.41. The second kappa shape index (κ2) is 6.86. The first kappa shape index (κ1) is 16.7. The van der Waals surface area contributed by atoms with Crippen LogP contribution in [0, 0.1) is 6.92 Å². The molecule has 0 amide bonds. The summed E-state index contributed by atoms with van der Waals surface area (Å²) in [6.45, 7) is 2.76. The molecule has 0 saturated heterocycles. The zero-order valence-electron chi connectivity index (χ0n) is 14.3. The average Bonchev–Trinajstić information content (AvgIpc) is 3.12. The zero-order chi connectivity index (χ0) is 18.1. The molecular weight excluding hydrogens is 344 g/mol. The molecule has 0 aliphatic carbocycles. The molecule has 0 unspecified atom stereocenters. The maximum atomic E-state index is 12.2. The van der Waals surface area contributed by atoms with E-state index >= 15 is 0 Å². The second-order valence-corrected chi connectivity index (χ2v) is 7.40. The van der Waals surface area contributed by atoms with Gasteiger partial charge in [0.15, 0.2) is 0 Å². The van der Waals surface area contributed by atoms with Gasteiger partial charge in [-0.1, -0.05) is 54.1 Å². The largest absolute Gasteiger partial charge is 0.392 e. The molecule has 1 N–H and O–H groups in total. The Labute approximate surface area is 155 Å². The molecule has 0 bridgehead atoms. The predicted octanol–water partition coefficient (Wildman–Crippen LogP) is 3.97. The van der Waals surface area contributed by atoms with Crippen molar-refractivity contribution in [1.82, 2.24) is 9.55 Å². The van der Waals surface area contributed by atoms with Crippen LogP contribution in [0.3, 0.4) is 0 Å². The molecule has 0 atom stereocenters. The van der Waals surface area contributed by atoms with Gasteiger partial charge < -0.3 is 9.67 Å². The van der Waals surface area contributed by atoms with Gasteiger partial charge in [0.2, 0.25) is 0 Å². The minimum absolute atomic E-state index is 0.0257. The van der Waals surface area contributed by atoms with Crippen molar-refractivity contribution in [1.29, 1.82) is 0 Å². The molecule has 26 heavy (non-hydrogen) atoms. The van der Waals surface area contributed by atoms with Crippen LogP contribution in [-0.2, 0) is 13.2 Å². The summed E-state index contributed by atoms with van der Waals surface area (Å²) in [6.07, 6.45) is 1.62. The Morgan fingerprint density at radius 1 is 1.04 bits per heavy atom. The molecule has 0 aliphatic heterocycles. The van der Waals surface area contributed by atoms with Gasteiger partial charge in [-0.15, -0.1) is 11.3 Å². The molecule has 2 aromatic heterocycles. The first-order valence-electron chi connectivity index (χ1n) is 8.39. The first-order valence-corrected chi connectivity index (χ1v) is 9.20. The van der Waals surface area contributed by atoms with Crippen LogP contribution in [0.2, 0.25) is 0 Å². The second-order valence-electron chi connectivity index (χ2n) is 6.34. The lowest BCUT2D eigenvalue weighted by molar-refractivity contribution is 0.282. The predicted molar refractivity (Wildman–Crippen MR) is 106 cm³/mol. The molecule has 5 heteroatoms. The van der Waals surface area contributed by atoms with Gasteiger partial charge in [0, 0.05) is 11.4 Å². The fourth-order valence-electron chi connectivity index (χ4n) is 2.92. The van der Waals surface area contributed by atoms with Crippen molar-refractivity contribution < 1.29 is 5.11 Å². The monoisotopic (exact) mass is 362 g/mol. The highest BCUT2D eigenvalue weighted by molar-refractivity contribution is 7.22. The van der Waals surface area contributed by atoms with E-state index in [1.54, 1.807) is 6.33 Å². The number of aryl methyl sites for hydroxylation is 1. The first-order chi connectivity index (χ1) is 12.6. The van der Waals surface area contributed by atoms with Gasteiger partial charge in [0.25, 0.3) is 5.56 Å². The number of thiophene rings is 1. The Morgan fingerprint density at radius 2 is 1.73 bits per heavy atom. The lowest BCUT2D eigenvalue weighted by atomic mass is 10.1. The lowest BCUT2D eigenvalue weighted by Gasteiger charge is -2.07. The van der Waals surface area contributed by atoms with Gasteiger partial charge >= 0.3 is 0 Å². The van der Waals surface area contributed by atoms with Crippen LogP contribution in [0.5, 0.6) is 0 Å². The molecule has 0 aliphatic rings. The number of nitrogens with zero attached hydrogens (tertiary/aromatic N) is 2. The van der Waals surface area contributed by atoms with Gasteiger partial charge in [-0.25, -0.2) is 0 Å². The van der Waals surface area contributed by atoms with Crippen LogP contribution < -0.4 is 5.56 Å². The van der Waals surface area contributed by atoms with Crippen LogP contribution >= 0.6 is 11.3 Å². The highest BCUT2D eigenvalue weighted by Crippen LogP contribution is 2.32. The molecule has 130 valence electrons. The smallest absolute Gasteiger partial charge is 0.290 e. The normalized spacial score (nSPS) is 11.2. The summed E-state index contributed by atoms with van der Waals surface area (Å²) in [6, 6.07) is 18.2. The van der Waals surface area contributed by atoms with Gasteiger partial charge in [-0.05, 0) is 29.7 Å². The fraction of sp³-hybridized carbons (Fsp3) is 0.143. The van der Waals surface area contributed by atoms with Gasteiger partial charge in [-0.2, -0.15) is 4.98 Å². The number of fused-ring (bicyclic) bond motifs is 1. The number of benzene rings is 2. The lowest BCUT2D eigenvalue weighted by Crippen LogP contribution is -2.11. The third kappa shape index (κ3) is 3.19. The third-order valence-corrected chi connectivity index (χ3v) is 5.59. The summed E-state index contributed by atoms with van der Waals surface area (Å²) in [5.74, 6) is 0. The molecule has 0 radical (unpaired) electrons. The van der Waals surface area contributed by atoms with Crippen LogP contribution in [-0.4, -0.2) is 14.7 Å². The van der Waals surface area contributed by atoms with Gasteiger partial charge in [-0.3, -0.25) is 4.79 Å². The maximum absolute atomic E-state index is 12.2. The molecule has 4 nitrogen and oxygen atoms in total. The Hall–Kier alpha value is -2.76. The van der Waals surface area contributed by atoms with E-state index in [1.807, 2.05) is 34.9 Å². The molecule has 0 saturated carbocycles. The minimum atomic E-state index is -0.191. The van der Waals surface area contributed by atoms with Crippen molar-refractivity contribution >= 4 is 21.6 Å². The van der Waals surface area contributed by atoms with Crippen molar-refractivity contribution in [2.24, 2.45) is 0 Å². The summed E-state index contributed by atoms with van der Waals surface area (Å²) >= 11 is 1.46. The highest BCUT2D eigenvalue weighted by atomic mass is 32.1. The molecule has 2 heterocycles. The Bertz CT molecular complexity index is 1110. The van der Waals surface area contributed by atoms with Crippen LogP contribution in [0.15, 0.2) is 65.7 Å². The van der Waals surface area contributed by atoms with Crippen molar-refractivity contribution in [3.05, 3.63) is 88.0 Å². The van der Waals surface area contributed by atoms with Crippen LogP contribution in [0.1, 0.15) is 16.7 Å². The summed E-state index contributed by atoms with van der Waals surface area (Å²) in [5.41, 5.74) is 5.00. The van der Waals surface area contributed by atoms with Crippen molar-refractivity contribution in [3.63, 3.8) is 0 Å². The molecule has 4 rings (SSSR count). The molecule has 2 aromatic carbocycles. The van der Waals surface area contributed by atoms with E-state index in [0.717, 1.165) is 21.5 Å². The Balaban J connectivity index is 1.77. The van der Waals surface area contributed by atoms with Gasteiger partial charge in [0.05, 0.1) is 18.5 Å². The molecular formula is C21H18N2O2S. The number of aliphatic hydroxyl groups is 1. The maximum Gasteiger partial charge on any atom is 0.290 e. The average molecular weight is 362 g/mol. The number of aromatic nitrogens is 2. The molecule has 4 aromatic rings. The van der Waals surface area contributed by atoms with E-state index in [9.17, 15) is 9.90 Å². The quantitative estimate of drug-likeness (QED) is 0.597. The van der Waals surface area contributed by atoms with E-state index in [2.05, 4.69) is 36.2 Å². The van der Waals surface area contributed by atoms with Crippen molar-refractivity contribution in [2.45, 2.75) is 20.1 Å². The van der Waals surface area contributed by atoms with Gasteiger partial charge in [0.1, 0.15) is 4.70 Å². The Morgan fingerprint density at radius 3 is 2.42 bits per heavy atom. The number of hydrogen-bond donors (Lipinski definition) is 1. The zero-order valence-corrected chi connectivity index (χ0v) is 15.2. The number of hydrogen-bond acceptors (Lipinski definition) is 4. The standard InChI is InChI=1S/C21H18N2O2S/c1-14-2-4-15(5-3-14)11-23-13-22-21(25)20-18(23)10-19(26-20)17-8-6-16(12-24)7-9-17/h2-10,13,24H,11-12H2,1H3. The van der Waals surface area contributed by atoms with E-state index in [0.29, 0.717) is 11.2 Å². The van der Waals surface area contributed by atoms with E-state index in [1.165, 1.54) is 22.5 Å². The summed E-state index contributed by atoms with van der Waals surface area (Å²) in [4.78, 5) is 17.3. The minimum Gasteiger partial charge on any atom is -0.392 e. The van der Waals surface area contributed by atoms with Crippen molar-refractivity contribution in [3.8, 4) is 10.4 Å². The summed E-state index contributed by atoms with van der Waals surface area (Å²) in [7, 11) is 0. The summed E-state index contributed by atoms with van der Waals surface area (Å²) < 4.78 is 2.68. The third-order valence-electron chi connectivity index (χ3n) is 4.43. The highest BCUT2D eigenvalue weighted by Gasteiger charge is 2.11. The molecule has 0 fully saturated rings. The topological polar surface area (TPSA) is 55.1 Å². The van der Waals surface area contributed by atoms with E-state index in [-0.39, 0.29) is 12.2 Å². The number of rotatable bonds is 4. The molecule has 0 spiro atoms. The van der Waals surface area contributed by atoms with E-state index in [4.69, 9.17) is 0 Å². The van der Waals surface area contributed by atoms with Crippen LogP contribution in [0.25, 0.3) is 20.7 Å². The summed E-state index contributed by atoms with van der Waals surface area (Å²) in [5, 5.41) is 9.19. The number of aliphatic hydroxyl groups excluding tert-OH is 1.